The van der Waals surface area contributed by atoms with Gasteiger partial charge in [0.25, 0.3) is 7.83 Å². The van der Waals surface area contributed by atoms with Crippen LogP contribution in [-0.2, 0) is 35.3 Å². The molecule has 0 aromatic rings. The van der Waals surface area contributed by atoms with Crippen LogP contribution in [0.1, 0.15) is 6.42 Å². The predicted molar refractivity (Wildman–Crippen MR) is 77.1 cm³/mol. The number of rotatable bonds is 11. The van der Waals surface area contributed by atoms with E-state index in [1.54, 1.807) is 0 Å². The molecule has 0 bridgehead atoms. The van der Waals surface area contributed by atoms with Crippen LogP contribution in [0, 0.1) is 0 Å². The normalized spacial score (nSPS) is 12.7. The van der Waals surface area contributed by atoms with Crippen molar-refractivity contribution in [3.05, 3.63) is 0 Å². The molecule has 0 aromatic carbocycles. The fourth-order valence-electron chi connectivity index (χ4n) is 1.38. The molecule has 0 fully saturated rings. The molecule has 0 aliphatic rings. The Morgan fingerprint density at radius 3 is 2.05 bits per heavy atom. The minimum atomic E-state index is -3.36. The molecule has 9 nitrogen and oxygen atoms in total. The Bertz CT molecular complexity index is 516. The van der Waals surface area contributed by atoms with Crippen LogP contribution >= 0.6 is 0 Å². The summed E-state index contributed by atoms with van der Waals surface area (Å²) in [7, 11) is -22.4. The lowest BCUT2D eigenvalue weighted by Crippen LogP contribution is -2.57. The highest BCUT2D eigenvalue weighted by Gasteiger charge is 2.51. The smallest absolute Gasteiger partial charge is 0.525 e. The standard InChI is InChI=1S/C4H12O9Si8/c1-21(4-2-3-5,13-16(8)14-6)20(12)19(11)18(10)17(9)15-7/h5,14-15H,2-4H2,1H3. The third-order valence-electron chi connectivity index (χ3n) is 2.46. The largest absolute Gasteiger partial charge is 0.575 e. The molecule has 21 heavy (non-hydrogen) atoms. The molecule has 0 amide bonds. The van der Waals surface area contributed by atoms with Gasteiger partial charge in [0.05, 0.1) is 0 Å². The average Bonchev–Trinajstić information content (AvgIpc) is 2.49. The van der Waals surface area contributed by atoms with Crippen molar-refractivity contribution >= 4 is 65.0 Å². The molecule has 0 rings (SSSR count). The van der Waals surface area contributed by atoms with Gasteiger partial charge >= 0.3 is 57.2 Å². The van der Waals surface area contributed by atoms with E-state index in [-0.39, 0.29) is 19.1 Å². The Morgan fingerprint density at radius 1 is 1.05 bits per heavy atom. The third-order valence-corrected chi connectivity index (χ3v) is 45.3. The molecule has 17 heteroatoms. The number of hydrogen-bond acceptors (Lipinski definition) is 9. The van der Waals surface area contributed by atoms with Crippen LogP contribution in [-0.4, -0.2) is 76.7 Å². The molecule has 1 unspecified atom stereocenters. The first kappa shape index (κ1) is 21.1. The van der Waals surface area contributed by atoms with E-state index in [1.807, 2.05) is 0 Å². The number of hydrogen-bond donors (Lipinski definition) is 1. The molecule has 0 saturated carbocycles. The van der Waals surface area contributed by atoms with E-state index < -0.39 is 65.0 Å². The van der Waals surface area contributed by atoms with Crippen molar-refractivity contribution in [1.82, 2.24) is 0 Å². The Morgan fingerprint density at radius 2 is 1.62 bits per heavy atom. The van der Waals surface area contributed by atoms with Gasteiger partial charge in [0.1, 0.15) is 0 Å². The Balaban J connectivity index is 5.36. The van der Waals surface area contributed by atoms with Crippen molar-refractivity contribution in [2.24, 2.45) is 0 Å². The fourth-order valence-corrected chi connectivity index (χ4v) is 56.7. The summed E-state index contributed by atoms with van der Waals surface area (Å²) in [6, 6.07) is 0.0495. The maximum atomic E-state index is 12.4. The molecule has 0 aliphatic carbocycles. The first-order valence-corrected chi connectivity index (χ1v) is 23.8. The van der Waals surface area contributed by atoms with Gasteiger partial charge in [0.15, 0.2) is 0 Å². The van der Waals surface area contributed by atoms with Gasteiger partial charge in [-0.05, 0) is 19.0 Å². The molecule has 0 aliphatic heterocycles. The lowest BCUT2D eigenvalue weighted by molar-refractivity contribution is 0.293. The van der Waals surface area contributed by atoms with E-state index in [0.29, 0.717) is 0 Å². The monoisotopic (exact) mass is 428 g/mol. The van der Waals surface area contributed by atoms with Gasteiger partial charge in [0, 0.05) is 6.61 Å². The highest BCUT2D eigenvalue weighted by atomic mass is 29.9. The van der Waals surface area contributed by atoms with Crippen molar-refractivity contribution in [2.45, 2.75) is 19.0 Å². The van der Waals surface area contributed by atoms with Crippen molar-refractivity contribution in [2.75, 3.05) is 6.61 Å². The molecule has 1 atom stereocenters. The molecule has 0 saturated heterocycles. The van der Waals surface area contributed by atoms with E-state index in [0.717, 1.165) is 0 Å². The fraction of sp³-hybridized carbons (Fsp3) is 1.00. The Labute approximate surface area is 131 Å². The quantitative estimate of drug-likeness (QED) is 0.330. The van der Waals surface area contributed by atoms with Crippen LogP contribution in [0.5, 0.6) is 0 Å². The zero-order valence-corrected chi connectivity index (χ0v) is 19.3. The summed E-state index contributed by atoms with van der Waals surface area (Å²) in [5, 5.41) is 8.82. The summed E-state index contributed by atoms with van der Waals surface area (Å²) < 4.78 is 84.9. The van der Waals surface area contributed by atoms with Gasteiger partial charge in [-0.25, -0.2) is 0 Å². The van der Waals surface area contributed by atoms with Crippen LogP contribution in [0.15, 0.2) is 0 Å². The van der Waals surface area contributed by atoms with Crippen molar-refractivity contribution < 1.29 is 40.5 Å². The first-order valence-electron chi connectivity index (χ1n) is 5.65. The molecule has 0 aromatic heterocycles. The van der Waals surface area contributed by atoms with Crippen molar-refractivity contribution in [3.8, 4) is 0 Å². The first-order chi connectivity index (χ1) is 9.73. The molecular weight excluding hydrogens is 417 g/mol. The van der Waals surface area contributed by atoms with Crippen molar-refractivity contribution in [1.29, 1.82) is 0 Å². The lowest BCUT2D eigenvalue weighted by atomic mass is 10.5. The summed E-state index contributed by atoms with van der Waals surface area (Å²) >= 11 is 0. The second-order valence-corrected chi connectivity index (χ2v) is 35.1. The van der Waals surface area contributed by atoms with E-state index in [2.05, 4.69) is 0 Å². The van der Waals surface area contributed by atoms with Crippen LogP contribution < -0.4 is 0 Å². The predicted octanol–water partition coefficient (Wildman–Crippen LogP) is -3.56. The van der Waals surface area contributed by atoms with E-state index in [9.17, 15) is 31.2 Å². The second kappa shape index (κ2) is 9.98. The number of aliphatic hydroxyl groups is 1. The summed E-state index contributed by atoms with van der Waals surface area (Å²) in [4.78, 5) is 0. The zero-order chi connectivity index (χ0) is 16.6. The van der Waals surface area contributed by atoms with E-state index in [4.69, 9.17) is 9.22 Å². The van der Waals surface area contributed by atoms with Gasteiger partial charge in [-0.2, -0.15) is 0 Å². The summed E-state index contributed by atoms with van der Waals surface area (Å²) in [6.45, 7) is 1.10. The molecule has 1 N–H and O–H groups in total. The number of aliphatic hydroxyl groups excluding tert-OH is 1. The molecular formula is C4H12O9Si8. The van der Waals surface area contributed by atoms with Gasteiger partial charge in [-0.3, -0.25) is 0 Å². The van der Waals surface area contributed by atoms with Crippen LogP contribution in [0.2, 0.25) is 12.6 Å². The molecule has 0 spiro atoms. The maximum absolute atomic E-state index is 12.4. The Kier molecular flexibility index (Phi) is 10.0. The maximum Gasteiger partial charge on any atom is 0.525 e. The van der Waals surface area contributed by atoms with E-state index >= 15 is 0 Å². The minimum Gasteiger partial charge on any atom is -0.575 e. The van der Waals surface area contributed by atoms with Crippen molar-refractivity contribution in [3.63, 3.8) is 0 Å². The third kappa shape index (κ3) is 6.39. The SMILES string of the molecule is C[Si](CCCO)(O[Si](=O)[SiH]=O)[Si](=O)[Si](=O)[Si](=O)[Si](=O)[SiH]=O. The van der Waals surface area contributed by atoms with Gasteiger partial charge in [0.2, 0.25) is 0 Å². The van der Waals surface area contributed by atoms with Gasteiger partial charge in [-0.1, -0.05) is 0 Å². The topological polar surface area (TPSA) is 149 Å². The zero-order valence-electron chi connectivity index (χ0n) is 11.0. The lowest BCUT2D eigenvalue weighted by Gasteiger charge is -2.23. The average molecular weight is 429 g/mol. The van der Waals surface area contributed by atoms with Gasteiger partial charge < -0.3 is 40.5 Å². The van der Waals surface area contributed by atoms with Crippen LogP contribution in [0.25, 0.3) is 0 Å². The molecule has 114 valence electrons. The van der Waals surface area contributed by atoms with Crippen LogP contribution in [0.3, 0.4) is 0 Å². The highest BCUT2D eigenvalue weighted by molar-refractivity contribution is 7.67. The van der Waals surface area contributed by atoms with Gasteiger partial charge in [-0.15, -0.1) is 0 Å². The van der Waals surface area contributed by atoms with Crippen LogP contribution in [0.4, 0.5) is 0 Å². The molecule has 0 heterocycles. The summed E-state index contributed by atoms with van der Waals surface area (Å²) in [6.07, 6.45) is 0.153. The Hall–Kier alpha value is 0.0951. The second-order valence-electron chi connectivity index (χ2n) is 4.07. The minimum absolute atomic E-state index is 0.0495. The highest BCUT2D eigenvalue weighted by Crippen LogP contribution is 2.14. The summed E-state index contributed by atoms with van der Waals surface area (Å²) in [5.74, 6) is 0. The summed E-state index contributed by atoms with van der Waals surface area (Å²) in [5.41, 5.74) is 0. The molecule has 0 radical (unpaired) electrons. The van der Waals surface area contributed by atoms with E-state index in [1.165, 1.54) is 6.55 Å².